The summed E-state index contributed by atoms with van der Waals surface area (Å²) in [5, 5.41) is 3.32. The lowest BCUT2D eigenvalue weighted by molar-refractivity contribution is -0.149. The number of likely N-dealkylation sites (tertiary alicyclic amines) is 2. The van der Waals surface area contributed by atoms with Crippen molar-refractivity contribution in [1.82, 2.24) is 15.1 Å². The molecule has 6 heterocycles. The van der Waals surface area contributed by atoms with E-state index >= 15 is 0 Å². The maximum atomic E-state index is 12.9. The van der Waals surface area contributed by atoms with Gasteiger partial charge in [-0.1, -0.05) is 27.4 Å². The quantitative estimate of drug-likeness (QED) is 0.104. The summed E-state index contributed by atoms with van der Waals surface area (Å²) in [5.41, 5.74) is 4.50. The Hall–Kier alpha value is -2.15. The molecule has 0 radical (unpaired) electrons. The van der Waals surface area contributed by atoms with Crippen LogP contribution < -0.4 is 5.32 Å². The molecule has 88 heavy (non-hydrogen) atoms. The lowest BCUT2D eigenvalue weighted by Crippen LogP contribution is -2.40. The number of hydrogen-bond donors (Lipinski definition) is 3. The first-order valence-corrected chi connectivity index (χ1v) is 39.8. The summed E-state index contributed by atoms with van der Waals surface area (Å²) in [4.78, 5) is 43.0. The van der Waals surface area contributed by atoms with E-state index in [1.807, 2.05) is 0 Å². The fraction of sp³-hybridized carbons (Fsp3) is 0.930. The van der Waals surface area contributed by atoms with Crippen molar-refractivity contribution in [3.05, 3.63) is 12.2 Å². The molecule has 3 N–H and O–H groups in total. The Morgan fingerprint density at radius 3 is 1.07 bits per heavy atom. The average Bonchev–Trinajstić information content (AvgIpc) is 1.60. The maximum absolute atomic E-state index is 12.9. The second-order valence-electron chi connectivity index (χ2n) is 34.0. The zero-order valence-electron chi connectivity index (χ0n) is 54.6. The third-order valence-electron chi connectivity index (χ3n) is 28.6. The Labute approximate surface area is 529 Å². The van der Waals surface area contributed by atoms with E-state index in [0.717, 1.165) is 60.6 Å². The van der Waals surface area contributed by atoms with Gasteiger partial charge in [0.2, 0.25) is 0 Å². The van der Waals surface area contributed by atoms with Gasteiger partial charge in [0, 0.05) is 54.2 Å². The van der Waals surface area contributed by atoms with Crippen LogP contribution in [0, 0.1) is 115 Å². The lowest BCUT2D eigenvalue weighted by atomic mass is 9.73. The summed E-state index contributed by atoms with van der Waals surface area (Å²) in [7, 11) is -7.33. The number of esters is 3. The van der Waals surface area contributed by atoms with E-state index in [2.05, 4.69) is 42.5 Å². The van der Waals surface area contributed by atoms with Gasteiger partial charge < -0.3 is 29.3 Å². The van der Waals surface area contributed by atoms with Crippen molar-refractivity contribution >= 4 is 38.1 Å². The Balaban J connectivity index is 0.000000108. The molecule has 17 heteroatoms. The highest BCUT2D eigenvalue weighted by Crippen LogP contribution is 2.78. The van der Waals surface area contributed by atoms with Gasteiger partial charge in [-0.05, 0) is 300 Å². The summed E-state index contributed by atoms with van der Waals surface area (Å²) in [6.07, 6.45) is 43.5. The summed E-state index contributed by atoms with van der Waals surface area (Å²) in [6.45, 7) is 20.3. The van der Waals surface area contributed by atoms with Crippen molar-refractivity contribution in [2.45, 2.75) is 232 Å². The van der Waals surface area contributed by atoms with Crippen molar-refractivity contribution in [1.29, 1.82) is 0 Å². The highest BCUT2D eigenvalue weighted by molar-refractivity contribution is 7.85. The summed E-state index contributed by atoms with van der Waals surface area (Å²) < 4.78 is 70.1. The van der Waals surface area contributed by atoms with Crippen molar-refractivity contribution in [2.75, 3.05) is 64.9 Å². The topological polar surface area (TPSA) is 206 Å². The first kappa shape index (κ1) is 64.6. The molecule has 18 aliphatic rings. The molecule has 2 unspecified atom stereocenters. The zero-order valence-corrected chi connectivity index (χ0v) is 56.2. The molecule has 0 aromatic carbocycles. The minimum absolute atomic E-state index is 0.0943. The Kier molecular flexibility index (Phi) is 17.8. The molecular formula is C71H113N3O12S2. The predicted molar refractivity (Wildman–Crippen MR) is 338 cm³/mol. The number of ether oxygens (including phenoxy) is 3. The molecule has 12 saturated carbocycles. The largest absolute Gasteiger partial charge is 0.461 e. The number of nitrogens with one attached hydrogen (secondary N) is 1. The normalized spacial score (nSPS) is 40.9. The second-order valence-corrected chi connectivity index (χ2v) is 36.9. The molecule has 0 aromatic heterocycles. The number of carbonyl (C=O) groups excluding carboxylic acids is 3. The van der Waals surface area contributed by atoms with Crippen LogP contribution in [0.2, 0.25) is 0 Å². The van der Waals surface area contributed by atoms with Crippen LogP contribution in [0.15, 0.2) is 12.2 Å². The van der Waals surface area contributed by atoms with E-state index in [9.17, 15) is 31.2 Å². The van der Waals surface area contributed by atoms with Crippen molar-refractivity contribution in [3.63, 3.8) is 0 Å². The standard InChI is InChI=1S/2C23H35NO2.C17H22O2.C6H13N.2CH4O3S/c2*1-15-4-12-24(13-5-15)14-17-16-2-6-22(8-9-22)18-3-7-23(10-11-23)19(18)20(16)26-21(17)25;1-10-11-2-4-16(6-7-16)12-3-5-17(8-9-17)13(12)14(11)19-15(10)18;1-6-2-4-7-5-3-6;2*1-5(2,3)4/h2*15-20H,2-14H2,1H3;11-14H,1-9H2;6-7H,2-5H2,1H3;2*1H3,(H,2,3,4)/t2*16-,17?,18+,19-,20-;11-,12+,13-,14-;;;/m000.../s1. The fourth-order valence-electron chi connectivity index (χ4n) is 22.5. The number of rotatable bonds is 4. The predicted octanol–water partition coefficient (Wildman–Crippen LogP) is 12.0. The molecule has 0 aromatic rings. The van der Waals surface area contributed by atoms with Gasteiger partial charge in [0.25, 0.3) is 20.2 Å². The van der Waals surface area contributed by atoms with Crippen LogP contribution in [-0.4, -0.2) is 137 Å². The van der Waals surface area contributed by atoms with E-state index in [0.29, 0.717) is 80.5 Å². The number of hydrogen-bond acceptors (Lipinski definition) is 13. The van der Waals surface area contributed by atoms with Crippen LogP contribution in [0.1, 0.15) is 213 Å². The van der Waals surface area contributed by atoms with Crippen LogP contribution in [0.3, 0.4) is 0 Å². The van der Waals surface area contributed by atoms with Gasteiger partial charge in [-0.3, -0.25) is 18.7 Å². The molecule has 6 saturated heterocycles. The highest BCUT2D eigenvalue weighted by atomic mass is 32.2. The van der Waals surface area contributed by atoms with E-state index < -0.39 is 20.2 Å². The first-order chi connectivity index (χ1) is 41.8. The zero-order chi connectivity index (χ0) is 62.0. The minimum Gasteiger partial charge on any atom is -0.461 e. The Morgan fingerprint density at radius 1 is 0.443 bits per heavy atom. The van der Waals surface area contributed by atoms with Crippen LogP contribution >= 0.6 is 0 Å². The Bertz CT molecular complexity index is 2660. The summed E-state index contributed by atoms with van der Waals surface area (Å²) >= 11 is 0. The van der Waals surface area contributed by atoms with Crippen molar-refractivity contribution < 1.29 is 54.5 Å². The van der Waals surface area contributed by atoms with E-state index in [4.69, 9.17) is 23.3 Å². The summed E-state index contributed by atoms with van der Waals surface area (Å²) in [6, 6.07) is 0. The lowest BCUT2D eigenvalue weighted by Gasteiger charge is -2.34. The molecular weight excluding hydrogens is 1150 g/mol. The Morgan fingerprint density at radius 2 is 0.750 bits per heavy atom. The average molecular weight is 1260 g/mol. The smallest absolute Gasteiger partial charge is 0.334 e. The fourth-order valence-corrected chi connectivity index (χ4v) is 22.5. The van der Waals surface area contributed by atoms with Crippen molar-refractivity contribution in [3.8, 4) is 0 Å². The SMILES string of the molecule is C=C1C(=O)O[C@@H]2[C@@H]3[C@@H](CCC34CC4)C3(CC[C@@H]12)CC3.CC1CCN(CC2C(=O)O[C@@H]3[C@@H]4[C@@H](CCC45CC5)C4(CC[C@@H]23)CC4)CC1.CC1CCN(CC2C(=O)O[C@@H]3[C@@H]4[C@@H](CCC45CC5)C4(CC[C@@H]23)CC4)CC1.CC1CCNCC1.CS(=O)(=O)O.CS(=O)(=O)O. The monoisotopic (exact) mass is 1260 g/mol. The van der Waals surface area contributed by atoms with Gasteiger partial charge in [-0.25, -0.2) is 4.79 Å². The number of piperidine rings is 3. The van der Waals surface area contributed by atoms with E-state index in [1.165, 1.54) is 225 Å². The van der Waals surface area contributed by atoms with Crippen LogP contribution in [0.5, 0.6) is 0 Å². The van der Waals surface area contributed by atoms with Gasteiger partial charge in [0.1, 0.15) is 18.3 Å². The molecule has 6 aliphatic heterocycles. The molecule has 14 atom stereocenters. The summed E-state index contributed by atoms with van der Waals surface area (Å²) in [5.74, 6) is 9.33. The van der Waals surface area contributed by atoms with E-state index in [1.54, 1.807) is 0 Å². The molecule has 18 rings (SSSR count). The van der Waals surface area contributed by atoms with E-state index in [-0.39, 0.29) is 48.1 Å². The van der Waals surface area contributed by atoms with Gasteiger partial charge >= 0.3 is 17.9 Å². The van der Waals surface area contributed by atoms with Gasteiger partial charge in [-0.2, -0.15) is 16.8 Å². The molecule has 18 fully saturated rings. The van der Waals surface area contributed by atoms with Crippen LogP contribution in [0.25, 0.3) is 0 Å². The van der Waals surface area contributed by atoms with Crippen LogP contribution in [-0.2, 0) is 48.8 Å². The van der Waals surface area contributed by atoms with Gasteiger partial charge in [0.15, 0.2) is 0 Å². The molecule has 0 bridgehead atoms. The second kappa shape index (κ2) is 24.2. The van der Waals surface area contributed by atoms with Gasteiger partial charge in [0.05, 0.1) is 24.3 Å². The van der Waals surface area contributed by atoms with Gasteiger partial charge in [-0.15, -0.1) is 0 Å². The molecule has 12 aliphatic carbocycles. The van der Waals surface area contributed by atoms with Crippen LogP contribution in [0.4, 0.5) is 0 Å². The van der Waals surface area contributed by atoms with Crippen molar-refractivity contribution in [2.24, 2.45) is 115 Å². The molecule has 496 valence electrons. The molecule has 0 amide bonds. The number of fused-ring (bicyclic) bond motifs is 15. The molecule has 6 spiro atoms. The third kappa shape index (κ3) is 13.3. The minimum atomic E-state index is -3.67. The number of nitrogens with zero attached hydrogens (tertiary/aromatic N) is 2. The maximum Gasteiger partial charge on any atom is 0.334 e. The highest BCUT2D eigenvalue weighted by Gasteiger charge is 2.73. The third-order valence-corrected chi connectivity index (χ3v) is 28.6. The first-order valence-electron chi connectivity index (χ1n) is 36.1. The molecule has 15 nitrogen and oxygen atoms in total. The number of carbonyl (C=O) groups is 3.